The number of rotatable bonds is 2. The van der Waals surface area contributed by atoms with Crippen LogP contribution in [-0.4, -0.2) is 16.5 Å². The average Bonchev–Trinajstić information content (AvgIpc) is 2.80. The summed E-state index contributed by atoms with van der Waals surface area (Å²) < 4.78 is 76.4. The third kappa shape index (κ3) is 3.90. The van der Waals surface area contributed by atoms with Gasteiger partial charge in [0.15, 0.2) is 0 Å². The largest absolute Gasteiger partial charge is 0.418 e. The minimum Gasteiger partial charge on any atom is -0.342 e. The van der Waals surface area contributed by atoms with Crippen molar-refractivity contribution in [2.24, 2.45) is 5.73 Å². The molecule has 3 N–H and O–H groups in total. The number of aromatic nitrogens is 2. The number of benzene rings is 1. The van der Waals surface area contributed by atoms with Gasteiger partial charge < -0.3 is 10.7 Å². The van der Waals surface area contributed by atoms with Gasteiger partial charge in [0.2, 0.25) is 0 Å². The monoisotopic (exact) mass is 327 g/mol. The number of nitrogens with one attached hydrogen (secondary N) is 1. The van der Waals surface area contributed by atoms with Crippen LogP contribution in [0.4, 0.5) is 26.3 Å². The van der Waals surface area contributed by atoms with E-state index in [-0.39, 0.29) is 30.4 Å². The molecule has 1 aromatic heterocycles. The third-order valence-electron chi connectivity index (χ3n) is 2.65. The SMILES string of the molecule is CC.NCCc1nc2c(C(F)(F)F)cc(C(F)(F)F)cc2[nH]1. The van der Waals surface area contributed by atoms with Gasteiger partial charge in [0.25, 0.3) is 0 Å². The van der Waals surface area contributed by atoms with E-state index < -0.39 is 29.0 Å². The van der Waals surface area contributed by atoms with Gasteiger partial charge in [-0.15, -0.1) is 0 Å². The highest BCUT2D eigenvalue weighted by atomic mass is 19.4. The molecular weight excluding hydrogens is 312 g/mol. The van der Waals surface area contributed by atoms with Crippen molar-refractivity contribution < 1.29 is 26.3 Å². The molecule has 2 rings (SSSR count). The Morgan fingerprint density at radius 2 is 1.64 bits per heavy atom. The van der Waals surface area contributed by atoms with E-state index in [0.717, 1.165) is 0 Å². The van der Waals surface area contributed by atoms with Crippen LogP contribution in [0.2, 0.25) is 0 Å². The van der Waals surface area contributed by atoms with Gasteiger partial charge in [-0.05, 0) is 18.7 Å². The summed E-state index contributed by atoms with van der Waals surface area (Å²) in [7, 11) is 0. The van der Waals surface area contributed by atoms with Crippen molar-refractivity contribution in [3.05, 3.63) is 29.1 Å². The predicted octanol–water partition coefficient (Wildman–Crippen LogP) is 4.13. The molecule has 9 heteroatoms. The molecular formula is C13H15F6N3. The molecule has 0 spiro atoms. The molecule has 0 aliphatic rings. The highest BCUT2D eigenvalue weighted by Gasteiger charge is 2.39. The minimum absolute atomic E-state index is 0.0649. The van der Waals surface area contributed by atoms with Crippen molar-refractivity contribution in [3.8, 4) is 0 Å². The van der Waals surface area contributed by atoms with Gasteiger partial charge in [-0.25, -0.2) is 4.98 Å². The molecule has 0 radical (unpaired) electrons. The van der Waals surface area contributed by atoms with Crippen LogP contribution in [0.1, 0.15) is 30.8 Å². The Morgan fingerprint density at radius 1 is 1.05 bits per heavy atom. The van der Waals surface area contributed by atoms with Gasteiger partial charge in [0.05, 0.1) is 16.6 Å². The number of alkyl halides is 6. The van der Waals surface area contributed by atoms with E-state index in [1.165, 1.54) is 0 Å². The maximum atomic E-state index is 12.8. The van der Waals surface area contributed by atoms with Crippen LogP contribution in [0.3, 0.4) is 0 Å². The number of hydrogen-bond donors (Lipinski definition) is 2. The second-order valence-electron chi connectivity index (χ2n) is 4.14. The molecule has 0 amide bonds. The lowest BCUT2D eigenvalue weighted by atomic mass is 10.1. The summed E-state index contributed by atoms with van der Waals surface area (Å²) in [5, 5.41) is 0. The van der Waals surface area contributed by atoms with Crippen LogP contribution in [0.5, 0.6) is 0 Å². The molecule has 0 unspecified atom stereocenters. The maximum absolute atomic E-state index is 12.8. The summed E-state index contributed by atoms with van der Waals surface area (Å²) in [6, 6.07) is 0.674. The summed E-state index contributed by atoms with van der Waals surface area (Å²) in [4.78, 5) is 6.10. The zero-order valence-electron chi connectivity index (χ0n) is 11.9. The standard InChI is InChI=1S/C11H9F6N3.C2H6/c12-10(13,14)5-3-6(11(15,16)17)9-7(4-5)19-8(20-9)1-2-18;1-2/h3-4H,1-2,18H2,(H,19,20);1-2H3. The van der Waals surface area contributed by atoms with E-state index in [1.807, 2.05) is 13.8 Å². The second-order valence-corrected chi connectivity index (χ2v) is 4.14. The predicted molar refractivity (Wildman–Crippen MR) is 70.2 cm³/mol. The molecule has 0 atom stereocenters. The lowest BCUT2D eigenvalue weighted by molar-refractivity contribution is -0.142. The zero-order valence-corrected chi connectivity index (χ0v) is 11.9. The molecule has 0 aliphatic heterocycles. The van der Waals surface area contributed by atoms with E-state index in [0.29, 0.717) is 6.07 Å². The van der Waals surface area contributed by atoms with E-state index >= 15 is 0 Å². The number of H-pyrrole nitrogens is 1. The molecule has 1 aromatic carbocycles. The summed E-state index contributed by atoms with van der Waals surface area (Å²) in [5.74, 6) is 0.118. The Labute approximate surface area is 122 Å². The van der Waals surface area contributed by atoms with Gasteiger partial charge >= 0.3 is 12.4 Å². The van der Waals surface area contributed by atoms with Crippen molar-refractivity contribution in [2.75, 3.05) is 6.54 Å². The second kappa shape index (κ2) is 6.55. The average molecular weight is 327 g/mol. The molecule has 0 fully saturated rings. The van der Waals surface area contributed by atoms with Crippen molar-refractivity contribution in [1.82, 2.24) is 9.97 Å². The number of halogens is 6. The minimum atomic E-state index is -4.92. The maximum Gasteiger partial charge on any atom is 0.418 e. The smallest absolute Gasteiger partial charge is 0.342 e. The van der Waals surface area contributed by atoms with Crippen LogP contribution in [0.25, 0.3) is 11.0 Å². The van der Waals surface area contributed by atoms with E-state index in [1.54, 1.807) is 0 Å². The normalized spacial score (nSPS) is 12.2. The Balaban J connectivity index is 0.00000116. The molecule has 0 saturated carbocycles. The Kier molecular flexibility index (Phi) is 5.44. The topological polar surface area (TPSA) is 54.7 Å². The van der Waals surface area contributed by atoms with Gasteiger partial charge in [0, 0.05) is 6.42 Å². The summed E-state index contributed by atoms with van der Waals surface area (Å²) in [6.07, 6.45) is -9.64. The molecule has 2 aromatic rings. The number of imidazole rings is 1. The van der Waals surface area contributed by atoms with Gasteiger partial charge in [-0.2, -0.15) is 26.3 Å². The number of nitrogens with two attached hydrogens (primary N) is 1. The number of fused-ring (bicyclic) bond motifs is 1. The lowest BCUT2D eigenvalue weighted by Gasteiger charge is -2.11. The molecule has 124 valence electrons. The summed E-state index contributed by atoms with van der Waals surface area (Å²) in [6.45, 7) is 4.12. The lowest BCUT2D eigenvalue weighted by Crippen LogP contribution is -2.11. The highest BCUT2D eigenvalue weighted by Crippen LogP contribution is 2.39. The fourth-order valence-electron chi connectivity index (χ4n) is 1.80. The van der Waals surface area contributed by atoms with Crippen LogP contribution in [0.15, 0.2) is 12.1 Å². The Hall–Kier alpha value is -1.77. The first-order valence-corrected chi connectivity index (χ1v) is 6.50. The van der Waals surface area contributed by atoms with Crippen molar-refractivity contribution in [3.63, 3.8) is 0 Å². The fraction of sp³-hybridized carbons (Fsp3) is 0.462. The first kappa shape index (κ1) is 18.3. The molecule has 0 saturated heterocycles. The fourth-order valence-corrected chi connectivity index (χ4v) is 1.80. The first-order chi connectivity index (χ1) is 10.1. The molecule has 22 heavy (non-hydrogen) atoms. The van der Waals surface area contributed by atoms with Crippen molar-refractivity contribution >= 4 is 11.0 Å². The van der Waals surface area contributed by atoms with E-state index in [9.17, 15) is 26.3 Å². The number of aromatic amines is 1. The zero-order chi connectivity index (χ0) is 17.1. The van der Waals surface area contributed by atoms with Gasteiger partial charge in [0.1, 0.15) is 11.3 Å². The molecule has 1 heterocycles. The third-order valence-corrected chi connectivity index (χ3v) is 2.65. The Bertz CT molecular complexity index is 627. The first-order valence-electron chi connectivity index (χ1n) is 6.50. The summed E-state index contributed by atoms with van der Waals surface area (Å²) in [5.41, 5.74) is 1.61. The van der Waals surface area contributed by atoms with Crippen LogP contribution in [-0.2, 0) is 18.8 Å². The van der Waals surface area contributed by atoms with Crippen LogP contribution in [0, 0.1) is 0 Å². The van der Waals surface area contributed by atoms with Crippen molar-refractivity contribution in [2.45, 2.75) is 32.6 Å². The molecule has 0 bridgehead atoms. The summed E-state index contributed by atoms with van der Waals surface area (Å²) >= 11 is 0. The van der Waals surface area contributed by atoms with E-state index in [4.69, 9.17) is 5.73 Å². The highest BCUT2D eigenvalue weighted by molar-refractivity contribution is 5.80. The Morgan fingerprint density at radius 3 is 2.09 bits per heavy atom. The molecule has 0 aliphatic carbocycles. The number of hydrogen-bond acceptors (Lipinski definition) is 2. The van der Waals surface area contributed by atoms with Gasteiger partial charge in [-0.1, -0.05) is 13.8 Å². The van der Waals surface area contributed by atoms with Crippen LogP contribution < -0.4 is 5.73 Å². The quantitative estimate of drug-likeness (QED) is 0.815. The van der Waals surface area contributed by atoms with Crippen molar-refractivity contribution in [1.29, 1.82) is 0 Å². The molecule has 3 nitrogen and oxygen atoms in total. The van der Waals surface area contributed by atoms with Gasteiger partial charge in [-0.3, -0.25) is 0 Å². The van der Waals surface area contributed by atoms with E-state index in [2.05, 4.69) is 9.97 Å². The van der Waals surface area contributed by atoms with Crippen LogP contribution >= 0.6 is 0 Å². The number of nitrogens with zero attached hydrogens (tertiary/aromatic N) is 1.